The van der Waals surface area contributed by atoms with Crippen LogP contribution >= 0.6 is 0 Å². The van der Waals surface area contributed by atoms with Crippen LogP contribution in [-0.2, 0) is 16.9 Å². The SMILES string of the molecule is Cc1cc(C)cc(COC2C(C(O)(c3ccccc3)c3ccccc3)N3CC[C@@H]2C3)c1. The third kappa shape index (κ3) is 3.71. The van der Waals surface area contributed by atoms with E-state index >= 15 is 0 Å². The molecule has 2 heterocycles. The molecule has 3 aromatic carbocycles. The number of fused-ring (bicyclic) bond motifs is 2. The van der Waals surface area contributed by atoms with Gasteiger partial charge in [0.2, 0.25) is 0 Å². The lowest BCUT2D eigenvalue weighted by Gasteiger charge is -2.44. The summed E-state index contributed by atoms with van der Waals surface area (Å²) in [5.41, 5.74) is 4.47. The number of rotatable bonds is 6. The molecule has 0 saturated carbocycles. The Hall–Kier alpha value is -2.46. The lowest BCUT2D eigenvalue weighted by molar-refractivity contribution is -0.0946. The molecule has 0 radical (unpaired) electrons. The van der Waals surface area contributed by atoms with Gasteiger partial charge in [0, 0.05) is 12.5 Å². The van der Waals surface area contributed by atoms with Crippen molar-refractivity contribution in [2.45, 2.75) is 44.6 Å². The maximum Gasteiger partial charge on any atom is 0.133 e. The molecule has 4 atom stereocenters. The van der Waals surface area contributed by atoms with E-state index in [0.29, 0.717) is 12.5 Å². The van der Waals surface area contributed by atoms with Crippen molar-refractivity contribution in [3.8, 4) is 0 Å². The Morgan fingerprint density at radius 1 is 0.903 bits per heavy atom. The van der Waals surface area contributed by atoms with Gasteiger partial charge in [-0.2, -0.15) is 0 Å². The molecule has 2 fully saturated rings. The number of hydrogen-bond acceptors (Lipinski definition) is 3. The van der Waals surface area contributed by atoms with Gasteiger partial charge in [-0.15, -0.1) is 0 Å². The van der Waals surface area contributed by atoms with Crippen molar-refractivity contribution in [2.75, 3.05) is 13.1 Å². The molecule has 2 aliphatic rings. The molecular formula is C28H31NO2. The zero-order valence-corrected chi connectivity index (χ0v) is 18.4. The highest BCUT2D eigenvalue weighted by Crippen LogP contribution is 2.47. The number of aliphatic hydroxyl groups is 1. The molecule has 0 aromatic heterocycles. The van der Waals surface area contributed by atoms with Crippen molar-refractivity contribution in [1.29, 1.82) is 0 Å². The Labute approximate surface area is 185 Å². The number of nitrogens with zero attached hydrogens (tertiary/aromatic N) is 1. The summed E-state index contributed by atoms with van der Waals surface area (Å²) in [6.07, 6.45) is 1.12. The van der Waals surface area contributed by atoms with Gasteiger partial charge in [-0.05, 0) is 43.5 Å². The molecule has 3 nitrogen and oxygen atoms in total. The predicted octanol–water partition coefficient (Wildman–Crippen LogP) is 4.83. The minimum absolute atomic E-state index is 0.0139. The second kappa shape index (κ2) is 8.23. The first-order valence-corrected chi connectivity index (χ1v) is 11.3. The minimum Gasteiger partial charge on any atom is -0.379 e. The Morgan fingerprint density at radius 3 is 2.06 bits per heavy atom. The highest BCUT2D eigenvalue weighted by atomic mass is 16.5. The van der Waals surface area contributed by atoms with Crippen LogP contribution in [0.1, 0.15) is 34.2 Å². The van der Waals surface area contributed by atoms with E-state index in [9.17, 15) is 5.11 Å². The highest BCUT2D eigenvalue weighted by molar-refractivity contribution is 5.40. The Kier molecular flexibility index (Phi) is 5.43. The van der Waals surface area contributed by atoms with Gasteiger partial charge in [-0.3, -0.25) is 4.90 Å². The minimum atomic E-state index is -1.12. The largest absolute Gasteiger partial charge is 0.379 e. The zero-order chi connectivity index (χ0) is 21.4. The molecule has 3 unspecified atom stereocenters. The molecule has 2 aliphatic heterocycles. The molecule has 31 heavy (non-hydrogen) atoms. The Balaban J connectivity index is 1.51. The van der Waals surface area contributed by atoms with Crippen LogP contribution in [0.2, 0.25) is 0 Å². The van der Waals surface area contributed by atoms with Gasteiger partial charge in [0.05, 0.1) is 18.8 Å². The van der Waals surface area contributed by atoms with Crippen LogP contribution in [0.5, 0.6) is 0 Å². The van der Waals surface area contributed by atoms with E-state index in [1.165, 1.54) is 16.7 Å². The quantitative estimate of drug-likeness (QED) is 0.628. The molecule has 2 saturated heterocycles. The summed E-state index contributed by atoms with van der Waals surface area (Å²) in [6.45, 7) is 6.84. The fourth-order valence-electron chi connectivity index (χ4n) is 5.77. The predicted molar refractivity (Wildman–Crippen MR) is 124 cm³/mol. The van der Waals surface area contributed by atoms with E-state index in [4.69, 9.17) is 4.74 Å². The van der Waals surface area contributed by atoms with Crippen LogP contribution in [0.15, 0.2) is 78.9 Å². The average Bonchev–Trinajstić information content (AvgIpc) is 3.40. The molecule has 5 rings (SSSR count). The summed E-state index contributed by atoms with van der Waals surface area (Å²) in [5, 5.41) is 12.4. The Morgan fingerprint density at radius 2 is 1.48 bits per heavy atom. The van der Waals surface area contributed by atoms with Gasteiger partial charge in [-0.25, -0.2) is 0 Å². The normalized spacial score (nSPS) is 25.1. The monoisotopic (exact) mass is 413 g/mol. The van der Waals surface area contributed by atoms with E-state index in [0.717, 1.165) is 30.6 Å². The zero-order valence-electron chi connectivity index (χ0n) is 18.4. The van der Waals surface area contributed by atoms with Crippen molar-refractivity contribution in [3.05, 3.63) is 107 Å². The van der Waals surface area contributed by atoms with Crippen molar-refractivity contribution >= 4 is 0 Å². The first kappa shape index (κ1) is 20.4. The lowest BCUT2D eigenvalue weighted by Crippen LogP contribution is -2.55. The number of benzene rings is 3. The van der Waals surface area contributed by atoms with Gasteiger partial charge in [0.15, 0.2) is 0 Å². The highest BCUT2D eigenvalue weighted by Gasteiger charge is 2.57. The van der Waals surface area contributed by atoms with E-state index in [-0.39, 0.29) is 12.1 Å². The fraction of sp³-hybridized carbons (Fsp3) is 0.357. The molecule has 0 spiro atoms. The number of ether oxygens (including phenoxy) is 1. The first-order valence-electron chi connectivity index (χ1n) is 11.3. The van der Waals surface area contributed by atoms with E-state index < -0.39 is 5.60 Å². The number of aryl methyl sites for hydroxylation is 2. The Bertz CT molecular complexity index is 974. The first-order chi connectivity index (χ1) is 15.1. The van der Waals surface area contributed by atoms with Crippen molar-refractivity contribution in [3.63, 3.8) is 0 Å². The molecule has 1 N–H and O–H groups in total. The number of piperidine rings is 1. The van der Waals surface area contributed by atoms with Crippen LogP contribution in [-0.4, -0.2) is 35.2 Å². The van der Waals surface area contributed by atoms with Crippen molar-refractivity contribution in [2.24, 2.45) is 5.92 Å². The maximum atomic E-state index is 12.4. The summed E-state index contributed by atoms with van der Waals surface area (Å²) in [7, 11) is 0. The third-order valence-electron chi connectivity index (χ3n) is 7.01. The number of hydrogen-bond donors (Lipinski definition) is 1. The lowest BCUT2D eigenvalue weighted by atomic mass is 9.75. The van der Waals surface area contributed by atoms with E-state index in [1.54, 1.807) is 0 Å². The van der Waals surface area contributed by atoms with Crippen LogP contribution in [0.3, 0.4) is 0 Å². The second-order valence-corrected chi connectivity index (χ2v) is 9.26. The maximum absolute atomic E-state index is 12.4. The van der Waals surface area contributed by atoms with Gasteiger partial charge >= 0.3 is 0 Å². The topological polar surface area (TPSA) is 32.7 Å². The summed E-state index contributed by atoms with van der Waals surface area (Å²) >= 11 is 0. The molecular weight excluding hydrogens is 382 g/mol. The smallest absolute Gasteiger partial charge is 0.133 e. The van der Waals surface area contributed by atoms with Crippen molar-refractivity contribution in [1.82, 2.24) is 4.90 Å². The van der Waals surface area contributed by atoms with Gasteiger partial charge in [-0.1, -0.05) is 90.0 Å². The standard InChI is InChI=1S/C28H31NO2/c1-20-15-21(2)17-22(16-20)19-31-26-23-13-14-29(18-23)27(26)28(30,24-9-5-3-6-10-24)25-11-7-4-8-12-25/h3-12,15-17,23,26-27,30H,13-14,18-19H2,1-2H3/t23-,26?,27?/m1/s1. The van der Waals surface area contributed by atoms with Crippen LogP contribution < -0.4 is 0 Å². The third-order valence-corrected chi connectivity index (χ3v) is 7.01. The molecule has 2 bridgehead atoms. The van der Waals surface area contributed by atoms with Crippen molar-refractivity contribution < 1.29 is 9.84 Å². The summed E-state index contributed by atoms with van der Waals surface area (Å²) in [5.74, 6) is 0.454. The molecule has 0 amide bonds. The fourth-order valence-corrected chi connectivity index (χ4v) is 5.77. The summed E-state index contributed by atoms with van der Waals surface area (Å²) in [6, 6.07) is 26.7. The van der Waals surface area contributed by atoms with Crippen LogP contribution in [0, 0.1) is 19.8 Å². The van der Waals surface area contributed by atoms with E-state index in [1.807, 2.05) is 60.7 Å². The average molecular weight is 414 g/mol. The molecule has 160 valence electrons. The second-order valence-electron chi connectivity index (χ2n) is 9.26. The van der Waals surface area contributed by atoms with Gasteiger partial charge < -0.3 is 9.84 Å². The molecule has 3 aromatic rings. The van der Waals surface area contributed by atoms with Crippen LogP contribution in [0.25, 0.3) is 0 Å². The van der Waals surface area contributed by atoms with E-state index in [2.05, 4.69) is 36.9 Å². The van der Waals surface area contributed by atoms with Crippen LogP contribution in [0.4, 0.5) is 0 Å². The summed E-state index contributed by atoms with van der Waals surface area (Å²) in [4.78, 5) is 2.44. The van der Waals surface area contributed by atoms with Gasteiger partial charge in [0.25, 0.3) is 0 Å². The van der Waals surface area contributed by atoms with Gasteiger partial charge in [0.1, 0.15) is 5.60 Å². The molecule has 3 heteroatoms. The summed E-state index contributed by atoms with van der Waals surface area (Å²) < 4.78 is 6.63. The molecule has 0 aliphatic carbocycles.